The molecule has 9 heteroatoms. The lowest BCUT2D eigenvalue weighted by Gasteiger charge is -2.00. The fourth-order valence-corrected chi connectivity index (χ4v) is 1.91. The third-order valence-electron chi connectivity index (χ3n) is 2.87. The molecule has 0 aliphatic rings. The molecule has 0 aliphatic heterocycles. The van der Waals surface area contributed by atoms with Crippen LogP contribution in [0.2, 0.25) is 0 Å². The first kappa shape index (κ1) is 12.5. The Morgan fingerprint density at radius 1 is 1.19 bits per heavy atom. The molecule has 0 unspecified atom stereocenters. The van der Waals surface area contributed by atoms with E-state index in [0.29, 0.717) is 5.69 Å². The Hall–Kier alpha value is -3.54. The zero-order valence-corrected chi connectivity index (χ0v) is 10.4. The third kappa shape index (κ3) is 1.91. The van der Waals surface area contributed by atoms with Crippen molar-refractivity contribution in [1.29, 1.82) is 5.39 Å². The zero-order chi connectivity index (χ0) is 15.0. The molecule has 0 saturated carbocycles. The number of aromatic nitrogens is 3. The Kier molecular flexibility index (Phi) is 2.70. The highest BCUT2D eigenvalue weighted by atomic mass is 16.6. The summed E-state index contributed by atoms with van der Waals surface area (Å²) in [6.45, 7) is 0. The van der Waals surface area contributed by atoms with E-state index in [2.05, 4.69) is 15.2 Å². The molecule has 0 saturated heterocycles. The summed E-state index contributed by atoms with van der Waals surface area (Å²) in [5.41, 5.74) is -0.721. The molecule has 0 atom stereocenters. The molecule has 0 bridgehead atoms. The van der Waals surface area contributed by atoms with Crippen molar-refractivity contribution < 1.29 is 10.0 Å². The van der Waals surface area contributed by atoms with E-state index in [-0.39, 0.29) is 11.0 Å². The van der Waals surface area contributed by atoms with Gasteiger partial charge in [0, 0.05) is 5.75 Å². The summed E-state index contributed by atoms with van der Waals surface area (Å²) in [6, 6.07) is 9.51. The van der Waals surface area contributed by atoms with Crippen LogP contribution in [-0.4, -0.2) is 19.9 Å². The van der Waals surface area contributed by atoms with Crippen LogP contribution >= 0.6 is 0 Å². The lowest BCUT2D eigenvalue weighted by atomic mass is 10.2. The Morgan fingerprint density at radius 3 is 2.48 bits per heavy atom. The van der Waals surface area contributed by atoms with Crippen LogP contribution in [0, 0.1) is 15.5 Å². The fraction of sp³-hybridized carbons (Fsp3) is 0. The highest BCUT2D eigenvalue weighted by Crippen LogP contribution is 2.37. The molecule has 0 amide bonds. The molecular formula is C12H6N6O3. The van der Waals surface area contributed by atoms with Gasteiger partial charge in [0.15, 0.2) is 10.5 Å². The summed E-state index contributed by atoms with van der Waals surface area (Å²) in [4.78, 5) is 14.2. The number of non-ortho nitro benzene ring substituents is 1. The second-order valence-corrected chi connectivity index (χ2v) is 4.12. The van der Waals surface area contributed by atoms with Gasteiger partial charge in [0.05, 0.1) is 10.6 Å². The second kappa shape index (κ2) is 4.53. The number of para-hydroxylation sites is 1. The minimum atomic E-state index is -0.722. The van der Waals surface area contributed by atoms with Gasteiger partial charge in [0.2, 0.25) is 5.39 Å². The van der Waals surface area contributed by atoms with Crippen molar-refractivity contribution in [2.24, 2.45) is 0 Å². The van der Waals surface area contributed by atoms with E-state index in [9.17, 15) is 15.2 Å². The van der Waals surface area contributed by atoms with Crippen molar-refractivity contribution in [3.8, 4) is 11.4 Å². The van der Waals surface area contributed by atoms with Crippen LogP contribution in [0.4, 0.5) is 11.4 Å². The lowest BCUT2D eigenvalue weighted by molar-refractivity contribution is -0.383. The number of benzene rings is 2. The van der Waals surface area contributed by atoms with Crippen LogP contribution in [-0.2, 0) is 0 Å². The van der Waals surface area contributed by atoms with Gasteiger partial charge in [-0.15, -0.1) is 10.2 Å². The van der Waals surface area contributed by atoms with E-state index < -0.39 is 22.0 Å². The zero-order valence-electron chi connectivity index (χ0n) is 10.4. The SMILES string of the molecule is N#[N+]c1cc([N+](=O)[O-])c2nn(-c3ccccc3)nc2c1[O-]. The summed E-state index contributed by atoms with van der Waals surface area (Å²) in [7, 11) is 0. The van der Waals surface area contributed by atoms with E-state index in [1.54, 1.807) is 30.3 Å². The average Bonchev–Trinajstić information content (AvgIpc) is 2.94. The highest BCUT2D eigenvalue weighted by molar-refractivity contribution is 5.94. The van der Waals surface area contributed by atoms with Crippen LogP contribution in [0.3, 0.4) is 0 Å². The van der Waals surface area contributed by atoms with Crippen LogP contribution in [0.25, 0.3) is 21.7 Å². The quantitative estimate of drug-likeness (QED) is 0.401. The van der Waals surface area contributed by atoms with Crippen molar-refractivity contribution in [3.63, 3.8) is 0 Å². The fourth-order valence-electron chi connectivity index (χ4n) is 1.91. The standard InChI is InChI=1S/C12H6N6O3/c13-14-8-6-9(18(20)21)10-11(12(8)19)16-17(15-10)7-4-2-1-3-5-7/h1-6H. The number of hydrogen-bond donors (Lipinski definition) is 0. The molecule has 3 aromatic rings. The summed E-state index contributed by atoms with van der Waals surface area (Å²) in [6.07, 6.45) is 0. The van der Waals surface area contributed by atoms with E-state index in [1.807, 2.05) is 0 Å². The summed E-state index contributed by atoms with van der Waals surface area (Å²) in [5.74, 6) is -0.722. The number of fused-ring (bicyclic) bond motifs is 1. The Bertz CT molecular complexity index is 897. The van der Waals surface area contributed by atoms with Crippen LogP contribution in [0.5, 0.6) is 5.75 Å². The Labute approximate surface area is 116 Å². The van der Waals surface area contributed by atoms with Crippen LogP contribution < -0.4 is 5.11 Å². The van der Waals surface area contributed by atoms with E-state index in [4.69, 9.17) is 5.39 Å². The van der Waals surface area contributed by atoms with Crippen LogP contribution in [0.15, 0.2) is 36.4 Å². The highest BCUT2D eigenvalue weighted by Gasteiger charge is 2.25. The Balaban J connectivity index is 2.35. The molecule has 0 N–H and O–H groups in total. The molecule has 0 spiro atoms. The predicted octanol–water partition coefficient (Wildman–Crippen LogP) is 1.89. The van der Waals surface area contributed by atoms with Gasteiger partial charge in [-0.2, -0.15) is 4.80 Å². The van der Waals surface area contributed by atoms with Crippen molar-refractivity contribution in [2.75, 3.05) is 0 Å². The van der Waals surface area contributed by atoms with Gasteiger partial charge in [-0.1, -0.05) is 18.2 Å². The summed E-state index contributed by atoms with van der Waals surface area (Å²) < 4.78 is 0. The van der Waals surface area contributed by atoms with Gasteiger partial charge in [-0.05, 0) is 12.1 Å². The molecular weight excluding hydrogens is 276 g/mol. The average molecular weight is 282 g/mol. The largest absolute Gasteiger partial charge is 0.865 e. The van der Waals surface area contributed by atoms with Gasteiger partial charge in [0.1, 0.15) is 11.6 Å². The Morgan fingerprint density at radius 2 is 1.86 bits per heavy atom. The van der Waals surface area contributed by atoms with Gasteiger partial charge in [0.25, 0.3) is 0 Å². The van der Waals surface area contributed by atoms with E-state index in [1.165, 1.54) is 0 Å². The number of nitrogens with zero attached hydrogens (tertiary/aromatic N) is 6. The minimum Gasteiger partial charge on any atom is -0.865 e. The first-order valence-corrected chi connectivity index (χ1v) is 5.78. The number of diazo groups is 1. The van der Waals surface area contributed by atoms with E-state index >= 15 is 0 Å². The van der Waals surface area contributed by atoms with Gasteiger partial charge in [-0.25, -0.2) is 0 Å². The van der Waals surface area contributed by atoms with Crippen molar-refractivity contribution in [1.82, 2.24) is 15.0 Å². The molecule has 2 aromatic carbocycles. The van der Waals surface area contributed by atoms with Crippen LogP contribution in [0.1, 0.15) is 0 Å². The van der Waals surface area contributed by atoms with Gasteiger partial charge < -0.3 is 5.11 Å². The molecule has 102 valence electrons. The smallest absolute Gasteiger partial charge is 0.386 e. The molecule has 1 heterocycles. The molecule has 21 heavy (non-hydrogen) atoms. The minimum absolute atomic E-state index is 0.152. The topological polar surface area (TPSA) is 125 Å². The molecule has 9 nitrogen and oxygen atoms in total. The molecule has 0 radical (unpaired) electrons. The maximum Gasteiger partial charge on any atom is 0.386 e. The first-order chi connectivity index (χ1) is 10.1. The number of hydrogen-bond acceptors (Lipinski definition) is 6. The molecule has 1 aromatic heterocycles. The van der Waals surface area contributed by atoms with Crippen molar-refractivity contribution in [2.45, 2.75) is 0 Å². The maximum atomic E-state index is 12.0. The number of nitro groups is 1. The lowest BCUT2D eigenvalue weighted by Crippen LogP contribution is -1.97. The third-order valence-corrected chi connectivity index (χ3v) is 2.87. The van der Waals surface area contributed by atoms with Crippen molar-refractivity contribution >= 4 is 22.4 Å². The maximum absolute atomic E-state index is 12.0. The van der Waals surface area contributed by atoms with Gasteiger partial charge in [-0.3, -0.25) is 10.1 Å². The van der Waals surface area contributed by atoms with Crippen molar-refractivity contribution in [3.05, 3.63) is 51.5 Å². The molecule has 3 rings (SSSR count). The summed E-state index contributed by atoms with van der Waals surface area (Å²) in [5, 5.41) is 39.7. The first-order valence-electron chi connectivity index (χ1n) is 5.78. The predicted molar refractivity (Wildman–Crippen MR) is 69.7 cm³/mol. The van der Waals surface area contributed by atoms with Gasteiger partial charge >= 0.3 is 11.4 Å². The summed E-state index contributed by atoms with van der Waals surface area (Å²) >= 11 is 0. The second-order valence-electron chi connectivity index (χ2n) is 4.12. The molecule has 0 aliphatic carbocycles. The van der Waals surface area contributed by atoms with E-state index in [0.717, 1.165) is 10.9 Å². The number of rotatable bonds is 2. The molecule has 0 fully saturated rings. The number of nitro benzene ring substituents is 1. The monoisotopic (exact) mass is 282 g/mol. The normalized spacial score (nSPS) is 10.4.